The van der Waals surface area contributed by atoms with Crippen LogP contribution < -0.4 is 11.0 Å². The van der Waals surface area contributed by atoms with Gasteiger partial charge in [-0.25, -0.2) is 13.5 Å². The van der Waals surface area contributed by atoms with Crippen molar-refractivity contribution < 1.29 is 17.6 Å². The highest BCUT2D eigenvalue weighted by Gasteiger charge is 2.35. The molecule has 0 spiro atoms. The van der Waals surface area contributed by atoms with Gasteiger partial charge in [0.1, 0.15) is 6.54 Å². The van der Waals surface area contributed by atoms with Crippen LogP contribution in [0.2, 0.25) is 0 Å². The van der Waals surface area contributed by atoms with Crippen LogP contribution in [-0.2, 0) is 10.0 Å². The van der Waals surface area contributed by atoms with Crippen molar-refractivity contribution in [2.24, 2.45) is 0 Å². The SMILES string of the molecule is O=C1CN(S(=O)(=O)c2ccc(=O)[nH]n2)Nc2ccoc21. The number of carbonyl (C=O) groups excluding carboxylic acids is 1. The number of aromatic nitrogens is 2. The lowest BCUT2D eigenvalue weighted by molar-refractivity contribution is 0.0937. The number of rotatable bonds is 2. The standard InChI is InChI=1S/C10H8N4O5S/c15-7-5-14(13-6-3-4-19-10(6)7)20(17,18)9-2-1-8(16)11-12-9/h1-4,13H,5H2,(H,11,16). The van der Waals surface area contributed by atoms with E-state index in [9.17, 15) is 18.0 Å². The maximum atomic E-state index is 12.3. The molecule has 0 amide bonds. The van der Waals surface area contributed by atoms with Crippen LogP contribution in [-0.4, -0.2) is 35.4 Å². The number of aromatic amines is 1. The second-order valence-corrected chi connectivity index (χ2v) is 5.78. The summed E-state index contributed by atoms with van der Waals surface area (Å²) in [5, 5.41) is 5.11. The van der Waals surface area contributed by atoms with Gasteiger partial charge < -0.3 is 9.84 Å². The minimum atomic E-state index is -4.05. The minimum absolute atomic E-state index is 0.0749. The Balaban J connectivity index is 1.99. The van der Waals surface area contributed by atoms with Gasteiger partial charge >= 0.3 is 0 Å². The molecule has 2 aromatic heterocycles. The van der Waals surface area contributed by atoms with Crippen LogP contribution in [0.25, 0.3) is 0 Å². The van der Waals surface area contributed by atoms with E-state index in [1.165, 1.54) is 12.3 Å². The minimum Gasteiger partial charge on any atom is -0.459 e. The molecule has 3 rings (SSSR count). The van der Waals surface area contributed by atoms with Crippen molar-refractivity contribution in [2.75, 3.05) is 12.0 Å². The number of sulfonamides is 1. The Morgan fingerprint density at radius 3 is 2.75 bits per heavy atom. The molecule has 0 atom stereocenters. The summed E-state index contributed by atoms with van der Waals surface area (Å²) in [7, 11) is -4.05. The van der Waals surface area contributed by atoms with Gasteiger partial charge in [0, 0.05) is 12.1 Å². The predicted molar refractivity (Wildman–Crippen MR) is 65.4 cm³/mol. The van der Waals surface area contributed by atoms with Crippen molar-refractivity contribution in [1.82, 2.24) is 14.6 Å². The van der Waals surface area contributed by atoms with Crippen LogP contribution >= 0.6 is 0 Å². The van der Waals surface area contributed by atoms with E-state index >= 15 is 0 Å². The Morgan fingerprint density at radius 2 is 2.05 bits per heavy atom. The second-order valence-electron chi connectivity index (χ2n) is 3.97. The number of nitrogens with zero attached hydrogens (tertiary/aromatic N) is 2. The number of ketones is 1. The number of fused-ring (bicyclic) bond motifs is 1. The Morgan fingerprint density at radius 1 is 1.25 bits per heavy atom. The quantitative estimate of drug-likeness (QED) is 0.770. The first-order valence-electron chi connectivity index (χ1n) is 5.44. The highest BCUT2D eigenvalue weighted by atomic mass is 32.2. The zero-order chi connectivity index (χ0) is 14.3. The third-order valence-electron chi connectivity index (χ3n) is 2.66. The van der Waals surface area contributed by atoms with Gasteiger partial charge in [0.15, 0.2) is 10.8 Å². The first-order valence-corrected chi connectivity index (χ1v) is 6.88. The van der Waals surface area contributed by atoms with Crippen molar-refractivity contribution in [3.05, 3.63) is 40.6 Å². The van der Waals surface area contributed by atoms with E-state index in [0.29, 0.717) is 0 Å². The summed E-state index contributed by atoms with van der Waals surface area (Å²) in [6.45, 7) is -0.427. The van der Waals surface area contributed by atoms with Crippen molar-refractivity contribution in [3.63, 3.8) is 0 Å². The monoisotopic (exact) mass is 296 g/mol. The fourth-order valence-corrected chi connectivity index (χ4v) is 2.86. The van der Waals surface area contributed by atoms with E-state index in [-0.39, 0.29) is 16.5 Å². The van der Waals surface area contributed by atoms with Crippen LogP contribution in [0.1, 0.15) is 10.6 Å². The molecular weight excluding hydrogens is 288 g/mol. The number of nitrogens with one attached hydrogen (secondary N) is 2. The summed E-state index contributed by atoms with van der Waals surface area (Å²) in [4.78, 5) is 22.7. The van der Waals surface area contributed by atoms with Crippen LogP contribution in [0.3, 0.4) is 0 Å². The number of anilines is 1. The van der Waals surface area contributed by atoms with Gasteiger partial charge in [-0.05, 0) is 6.07 Å². The lowest BCUT2D eigenvalue weighted by Gasteiger charge is -2.25. The molecule has 1 aliphatic heterocycles. The van der Waals surface area contributed by atoms with E-state index in [2.05, 4.69) is 10.5 Å². The van der Waals surface area contributed by atoms with Crippen molar-refractivity contribution in [3.8, 4) is 0 Å². The van der Waals surface area contributed by atoms with Gasteiger partial charge in [0.25, 0.3) is 15.6 Å². The number of Topliss-reactive ketones (excluding diaryl/α,β-unsaturated/α-hetero) is 1. The summed E-state index contributed by atoms with van der Waals surface area (Å²) in [6, 6.07) is 3.54. The summed E-state index contributed by atoms with van der Waals surface area (Å²) in [6.07, 6.45) is 1.28. The Bertz CT molecular complexity index is 817. The highest BCUT2D eigenvalue weighted by Crippen LogP contribution is 2.25. The van der Waals surface area contributed by atoms with Crippen LogP contribution in [0.5, 0.6) is 0 Å². The average Bonchev–Trinajstić information content (AvgIpc) is 2.88. The number of hydrogen-bond donors (Lipinski definition) is 2. The first-order chi connectivity index (χ1) is 9.48. The molecule has 2 N–H and O–H groups in total. The van der Waals surface area contributed by atoms with Gasteiger partial charge in [-0.15, -0.1) is 4.41 Å². The van der Waals surface area contributed by atoms with E-state index in [1.807, 2.05) is 5.10 Å². The van der Waals surface area contributed by atoms with E-state index in [4.69, 9.17) is 4.42 Å². The zero-order valence-electron chi connectivity index (χ0n) is 9.86. The van der Waals surface area contributed by atoms with Gasteiger partial charge in [0.05, 0.1) is 12.0 Å². The molecule has 0 aliphatic carbocycles. The number of carbonyl (C=O) groups is 1. The molecule has 10 heteroatoms. The molecule has 0 aromatic carbocycles. The largest absolute Gasteiger partial charge is 0.459 e. The second kappa shape index (κ2) is 4.28. The van der Waals surface area contributed by atoms with Crippen molar-refractivity contribution >= 4 is 21.5 Å². The molecule has 0 bridgehead atoms. The molecule has 3 heterocycles. The smallest absolute Gasteiger partial charge is 0.279 e. The molecule has 0 radical (unpaired) electrons. The van der Waals surface area contributed by atoms with Gasteiger partial charge in [-0.1, -0.05) is 0 Å². The van der Waals surface area contributed by atoms with Gasteiger partial charge in [-0.3, -0.25) is 9.59 Å². The molecular formula is C10H8N4O5S. The maximum absolute atomic E-state index is 12.3. The predicted octanol–water partition coefficient (Wildman–Crippen LogP) is -0.423. The van der Waals surface area contributed by atoms with Crippen LogP contribution in [0, 0.1) is 0 Å². The average molecular weight is 296 g/mol. The van der Waals surface area contributed by atoms with Gasteiger partial charge in [-0.2, -0.15) is 5.10 Å². The number of hydrazine groups is 1. The molecule has 104 valence electrons. The summed E-state index contributed by atoms with van der Waals surface area (Å²) in [5.74, 6) is -0.400. The third-order valence-corrected chi connectivity index (χ3v) is 4.22. The summed E-state index contributed by atoms with van der Waals surface area (Å²) >= 11 is 0. The Hall–Kier alpha value is -2.46. The Labute approximate surface area is 112 Å². The molecule has 0 saturated heterocycles. The molecule has 0 unspecified atom stereocenters. The lowest BCUT2D eigenvalue weighted by Crippen LogP contribution is -2.43. The Kier molecular flexibility index (Phi) is 2.69. The topological polar surface area (TPSA) is 125 Å². The first kappa shape index (κ1) is 12.6. The molecule has 1 aliphatic rings. The number of furan rings is 1. The molecule has 2 aromatic rings. The van der Waals surface area contributed by atoms with E-state index < -0.39 is 27.9 Å². The molecule has 9 nitrogen and oxygen atoms in total. The molecule has 0 fully saturated rings. The zero-order valence-corrected chi connectivity index (χ0v) is 10.7. The van der Waals surface area contributed by atoms with Crippen LogP contribution in [0.4, 0.5) is 5.69 Å². The normalized spacial score (nSPS) is 15.7. The van der Waals surface area contributed by atoms with Crippen molar-refractivity contribution in [1.29, 1.82) is 0 Å². The number of hydrogen-bond acceptors (Lipinski definition) is 7. The summed E-state index contributed by atoms with van der Waals surface area (Å²) < 4.78 is 30.2. The maximum Gasteiger partial charge on any atom is 0.279 e. The lowest BCUT2D eigenvalue weighted by atomic mass is 10.2. The van der Waals surface area contributed by atoms with E-state index in [0.717, 1.165) is 16.5 Å². The summed E-state index contributed by atoms with van der Waals surface area (Å²) in [5.41, 5.74) is 2.29. The van der Waals surface area contributed by atoms with Gasteiger partial charge in [0.2, 0.25) is 5.78 Å². The van der Waals surface area contributed by atoms with Crippen molar-refractivity contribution in [2.45, 2.75) is 5.03 Å². The fourth-order valence-electron chi connectivity index (χ4n) is 1.72. The third kappa shape index (κ3) is 1.90. The highest BCUT2D eigenvalue weighted by molar-refractivity contribution is 7.89. The fraction of sp³-hybridized carbons (Fsp3) is 0.100. The van der Waals surface area contributed by atoms with Crippen LogP contribution in [0.15, 0.2) is 38.7 Å². The number of H-pyrrole nitrogens is 1. The molecule has 20 heavy (non-hydrogen) atoms. The van der Waals surface area contributed by atoms with E-state index in [1.54, 1.807) is 0 Å². The molecule has 0 saturated carbocycles.